The van der Waals surface area contributed by atoms with Crippen molar-refractivity contribution in [3.63, 3.8) is 0 Å². The maximum absolute atomic E-state index is 11.3. The van der Waals surface area contributed by atoms with Crippen LogP contribution >= 0.6 is 0 Å². The Morgan fingerprint density at radius 3 is 2.47 bits per heavy atom. The second kappa shape index (κ2) is 7.88. The third-order valence-electron chi connectivity index (χ3n) is 2.43. The van der Waals surface area contributed by atoms with E-state index in [1.165, 1.54) is 0 Å². The lowest BCUT2D eigenvalue weighted by atomic mass is 10.2. The van der Waals surface area contributed by atoms with E-state index >= 15 is 0 Å². The predicted octanol–water partition coefficient (Wildman–Crippen LogP) is 1.85. The zero-order valence-electron chi connectivity index (χ0n) is 11.6. The first kappa shape index (κ1) is 15.6. The number of esters is 1. The number of hydrogen-bond acceptors (Lipinski definition) is 4. The van der Waals surface area contributed by atoms with Gasteiger partial charge in [-0.2, -0.15) is 0 Å². The lowest BCUT2D eigenvalue weighted by molar-refractivity contribution is -0.129. The Kier molecular flexibility index (Phi) is 6.48. The van der Waals surface area contributed by atoms with E-state index in [4.69, 9.17) is 13.6 Å². The normalized spacial score (nSPS) is 10.5. The molecule has 0 N–H and O–H groups in total. The Bertz CT molecular complexity index is 439. The standard InChI is InChI=1S/C14H19O4Si/c1-5-14(15)18-12-9-8-10-13(11(12)4)19(16-6-2)17-7-3/h5,8-10H,1,6-7H2,2-4H3. The van der Waals surface area contributed by atoms with Crippen molar-refractivity contribution in [2.75, 3.05) is 13.2 Å². The molecule has 0 aliphatic rings. The molecule has 0 fully saturated rings. The van der Waals surface area contributed by atoms with Gasteiger partial charge < -0.3 is 13.6 Å². The summed E-state index contributed by atoms with van der Waals surface area (Å²) in [7, 11) is -1.54. The summed E-state index contributed by atoms with van der Waals surface area (Å²) < 4.78 is 16.5. The van der Waals surface area contributed by atoms with Crippen molar-refractivity contribution < 1.29 is 18.4 Å². The van der Waals surface area contributed by atoms with Crippen LogP contribution in [0.4, 0.5) is 0 Å². The average Bonchev–Trinajstić information content (AvgIpc) is 2.41. The van der Waals surface area contributed by atoms with Crippen LogP contribution in [0.25, 0.3) is 0 Å². The Balaban J connectivity index is 3.03. The van der Waals surface area contributed by atoms with Gasteiger partial charge in [0, 0.05) is 24.5 Å². The topological polar surface area (TPSA) is 44.8 Å². The van der Waals surface area contributed by atoms with Gasteiger partial charge in [-0.3, -0.25) is 0 Å². The van der Waals surface area contributed by atoms with Crippen LogP contribution in [0.3, 0.4) is 0 Å². The Hall–Kier alpha value is -1.43. The van der Waals surface area contributed by atoms with Gasteiger partial charge in [0.05, 0.1) is 0 Å². The molecule has 0 atom stereocenters. The molecule has 1 radical (unpaired) electrons. The van der Waals surface area contributed by atoms with Gasteiger partial charge in [0.2, 0.25) is 0 Å². The number of ether oxygens (including phenoxy) is 1. The lowest BCUT2D eigenvalue weighted by Gasteiger charge is -2.17. The SMILES string of the molecule is C=CC(=O)Oc1cccc([Si](OCC)OCC)c1C. The van der Waals surface area contributed by atoms with Gasteiger partial charge in [0.15, 0.2) is 0 Å². The second-order valence-electron chi connectivity index (χ2n) is 3.71. The minimum absolute atomic E-state index is 0.471. The van der Waals surface area contributed by atoms with Crippen molar-refractivity contribution in [1.82, 2.24) is 0 Å². The first-order valence-corrected chi connectivity index (χ1v) is 7.52. The number of hydrogen-bond donors (Lipinski definition) is 0. The summed E-state index contributed by atoms with van der Waals surface area (Å²) in [6.07, 6.45) is 1.14. The highest BCUT2D eigenvalue weighted by Crippen LogP contribution is 2.16. The monoisotopic (exact) mass is 279 g/mol. The summed E-state index contributed by atoms with van der Waals surface area (Å²) in [6.45, 7) is 10.3. The Labute approximate surface area is 115 Å². The van der Waals surface area contributed by atoms with Crippen LogP contribution in [0.2, 0.25) is 0 Å². The minimum atomic E-state index is -1.54. The zero-order valence-corrected chi connectivity index (χ0v) is 12.6. The highest BCUT2D eigenvalue weighted by atomic mass is 28.3. The highest BCUT2D eigenvalue weighted by Gasteiger charge is 2.22. The van der Waals surface area contributed by atoms with Gasteiger partial charge in [-0.05, 0) is 32.4 Å². The van der Waals surface area contributed by atoms with Gasteiger partial charge in [0.1, 0.15) is 5.75 Å². The van der Waals surface area contributed by atoms with Gasteiger partial charge in [-0.1, -0.05) is 18.7 Å². The van der Waals surface area contributed by atoms with E-state index in [1.807, 2.05) is 32.9 Å². The van der Waals surface area contributed by atoms with Crippen LogP contribution in [-0.2, 0) is 13.6 Å². The molecule has 19 heavy (non-hydrogen) atoms. The van der Waals surface area contributed by atoms with Crippen LogP contribution < -0.4 is 9.92 Å². The number of rotatable bonds is 7. The maximum atomic E-state index is 11.3. The molecule has 0 aliphatic carbocycles. The molecular formula is C14H19O4Si. The molecule has 0 aromatic heterocycles. The molecule has 1 aromatic carbocycles. The fraction of sp³-hybridized carbons (Fsp3) is 0.357. The van der Waals surface area contributed by atoms with Crippen molar-refractivity contribution in [2.45, 2.75) is 20.8 Å². The molecule has 0 bridgehead atoms. The van der Waals surface area contributed by atoms with Crippen LogP contribution in [0.15, 0.2) is 30.9 Å². The van der Waals surface area contributed by atoms with E-state index in [0.717, 1.165) is 16.8 Å². The van der Waals surface area contributed by atoms with E-state index in [9.17, 15) is 4.79 Å². The van der Waals surface area contributed by atoms with Crippen molar-refractivity contribution in [2.24, 2.45) is 0 Å². The number of carbonyl (C=O) groups is 1. The van der Waals surface area contributed by atoms with Crippen LogP contribution in [-0.4, -0.2) is 28.5 Å². The van der Waals surface area contributed by atoms with Crippen molar-refractivity contribution in [3.05, 3.63) is 36.4 Å². The van der Waals surface area contributed by atoms with E-state index in [-0.39, 0.29) is 0 Å². The van der Waals surface area contributed by atoms with Crippen molar-refractivity contribution >= 4 is 20.4 Å². The lowest BCUT2D eigenvalue weighted by Crippen LogP contribution is -2.39. The van der Waals surface area contributed by atoms with Crippen molar-refractivity contribution in [1.29, 1.82) is 0 Å². The van der Waals surface area contributed by atoms with Gasteiger partial charge in [-0.25, -0.2) is 4.79 Å². The fourth-order valence-electron chi connectivity index (χ4n) is 1.56. The summed E-state index contributed by atoms with van der Waals surface area (Å²) in [5.74, 6) is 0.0474. The molecule has 0 unspecified atom stereocenters. The summed E-state index contributed by atoms with van der Waals surface area (Å²) in [5.41, 5.74) is 0.869. The summed E-state index contributed by atoms with van der Waals surface area (Å²) in [4.78, 5) is 11.3. The van der Waals surface area contributed by atoms with Crippen LogP contribution in [0.5, 0.6) is 5.75 Å². The number of benzene rings is 1. The molecule has 1 aromatic rings. The summed E-state index contributed by atoms with van der Waals surface area (Å²) in [5, 5.41) is 0.961. The molecule has 0 spiro atoms. The van der Waals surface area contributed by atoms with Crippen LogP contribution in [0.1, 0.15) is 19.4 Å². The fourth-order valence-corrected chi connectivity index (χ4v) is 3.14. The van der Waals surface area contributed by atoms with E-state index in [2.05, 4.69) is 6.58 Å². The largest absolute Gasteiger partial charge is 0.424 e. The number of carbonyl (C=O) groups excluding carboxylic acids is 1. The third-order valence-corrected chi connectivity index (χ3v) is 4.52. The molecule has 0 saturated heterocycles. The molecule has 0 heterocycles. The molecule has 5 heteroatoms. The maximum Gasteiger partial charge on any atom is 0.424 e. The molecule has 1 rings (SSSR count). The summed E-state index contributed by atoms with van der Waals surface area (Å²) >= 11 is 0. The Morgan fingerprint density at radius 2 is 1.95 bits per heavy atom. The van der Waals surface area contributed by atoms with Crippen LogP contribution in [0, 0.1) is 6.92 Å². The minimum Gasteiger partial charge on any atom is -0.423 e. The van der Waals surface area contributed by atoms with Crippen molar-refractivity contribution in [3.8, 4) is 5.75 Å². The molecule has 4 nitrogen and oxygen atoms in total. The summed E-state index contributed by atoms with van der Waals surface area (Å²) in [6, 6.07) is 5.52. The smallest absolute Gasteiger partial charge is 0.423 e. The highest BCUT2D eigenvalue weighted by molar-refractivity contribution is 6.62. The molecule has 103 valence electrons. The quantitative estimate of drug-likeness (QED) is 0.331. The third kappa shape index (κ3) is 4.31. The molecule has 0 aliphatic heterocycles. The first-order chi connectivity index (χ1) is 9.13. The molecule has 0 amide bonds. The van der Waals surface area contributed by atoms with Gasteiger partial charge in [0.25, 0.3) is 0 Å². The van der Waals surface area contributed by atoms with Gasteiger partial charge in [-0.15, -0.1) is 0 Å². The predicted molar refractivity (Wildman–Crippen MR) is 75.7 cm³/mol. The van der Waals surface area contributed by atoms with E-state index < -0.39 is 15.3 Å². The first-order valence-electron chi connectivity index (χ1n) is 6.20. The average molecular weight is 279 g/mol. The zero-order chi connectivity index (χ0) is 14.3. The Morgan fingerprint density at radius 1 is 1.32 bits per heavy atom. The van der Waals surface area contributed by atoms with E-state index in [0.29, 0.717) is 19.0 Å². The molecular weight excluding hydrogens is 260 g/mol. The molecule has 0 saturated carbocycles. The van der Waals surface area contributed by atoms with E-state index in [1.54, 1.807) is 6.07 Å². The van der Waals surface area contributed by atoms with Gasteiger partial charge >= 0.3 is 15.3 Å². The second-order valence-corrected chi connectivity index (χ2v) is 5.40.